The lowest BCUT2D eigenvalue weighted by Gasteiger charge is -2.17. The molecule has 0 aliphatic carbocycles. The van der Waals surface area contributed by atoms with Gasteiger partial charge < -0.3 is 14.7 Å². The van der Waals surface area contributed by atoms with Gasteiger partial charge in [-0.3, -0.25) is 0 Å². The topological polar surface area (TPSA) is 41.0 Å². The van der Waals surface area contributed by atoms with Crippen molar-refractivity contribution in [1.29, 1.82) is 0 Å². The molecule has 0 spiro atoms. The number of aromatic amines is 1. The van der Waals surface area contributed by atoms with Gasteiger partial charge in [-0.1, -0.05) is 20.8 Å². The van der Waals surface area contributed by atoms with Crippen molar-refractivity contribution in [2.75, 3.05) is 0 Å². The highest BCUT2D eigenvalue weighted by molar-refractivity contribution is 7.71. The van der Waals surface area contributed by atoms with Crippen molar-refractivity contribution in [3.8, 4) is 0 Å². The number of imidazole rings is 1. The van der Waals surface area contributed by atoms with Crippen molar-refractivity contribution in [2.24, 2.45) is 11.8 Å². The van der Waals surface area contributed by atoms with Crippen molar-refractivity contribution < 1.29 is 5.11 Å². The SMILES string of the molecule is CC(C)C(C)Cn1c(CO)c[nH]c1=S. The molecule has 0 saturated carbocycles. The Morgan fingerprint density at radius 1 is 1.50 bits per heavy atom. The minimum absolute atomic E-state index is 0.0396. The Morgan fingerprint density at radius 3 is 2.64 bits per heavy atom. The number of hydrogen-bond donors (Lipinski definition) is 2. The van der Waals surface area contributed by atoms with E-state index in [0.29, 0.717) is 16.6 Å². The van der Waals surface area contributed by atoms with Gasteiger partial charge in [-0.15, -0.1) is 0 Å². The molecule has 80 valence electrons. The molecule has 0 aromatic carbocycles. The summed E-state index contributed by atoms with van der Waals surface area (Å²) in [7, 11) is 0. The predicted octanol–water partition coefficient (Wildman–Crippen LogP) is 2.33. The Balaban J connectivity index is 2.84. The summed E-state index contributed by atoms with van der Waals surface area (Å²) >= 11 is 5.14. The molecule has 0 aliphatic rings. The fraction of sp³-hybridized carbons (Fsp3) is 0.700. The lowest BCUT2D eigenvalue weighted by atomic mass is 9.98. The van der Waals surface area contributed by atoms with E-state index in [2.05, 4.69) is 25.8 Å². The van der Waals surface area contributed by atoms with E-state index in [4.69, 9.17) is 17.3 Å². The lowest BCUT2D eigenvalue weighted by molar-refractivity contribution is 0.263. The Morgan fingerprint density at radius 2 is 2.14 bits per heavy atom. The first-order valence-electron chi connectivity index (χ1n) is 4.94. The van der Waals surface area contributed by atoms with Crippen LogP contribution in [0, 0.1) is 16.6 Å². The molecule has 0 aliphatic heterocycles. The van der Waals surface area contributed by atoms with Crippen molar-refractivity contribution in [1.82, 2.24) is 9.55 Å². The largest absolute Gasteiger partial charge is 0.390 e. The molecule has 3 nitrogen and oxygen atoms in total. The van der Waals surface area contributed by atoms with E-state index >= 15 is 0 Å². The first-order valence-corrected chi connectivity index (χ1v) is 5.35. The average molecular weight is 214 g/mol. The summed E-state index contributed by atoms with van der Waals surface area (Å²) in [5.41, 5.74) is 0.863. The second-order valence-electron chi connectivity index (χ2n) is 4.08. The zero-order valence-electron chi connectivity index (χ0n) is 8.95. The molecular weight excluding hydrogens is 196 g/mol. The normalized spacial score (nSPS) is 13.5. The van der Waals surface area contributed by atoms with Crippen molar-refractivity contribution >= 4 is 12.2 Å². The molecule has 0 amide bonds. The van der Waals surface area contributed by atoms with E-state index in [1.54, 1.807) is 6.20 Å². The molecule has 14 heavy (non-hydrogen) atoms. The van der Waals surface area contributed by atoms with Crippen LogP contribution in [0.2, 0.25) is 0 Å². The van der Waals surface area contributed by atoms with Crippen molar-refractivity contribution in [3.05, 3.63) is 16.7 Å². The lowest BCUT2D eigenvalue weighted by Crippen LogP contribution is -2.15. The van der Waals surface area contributed by atoms with Crippen LogP contribution in [0.15, 0.2) is 6.20 Å². The maximum Gasteiger partial charge on any atom is 0.177 e. The van der Waals surface area contributed by atoms with E-state index in [-0.39, 0.29) is 6.61 Å². The van der Waals surface area contributed by atoms with Gasteiger partial charge in [-0.25, -0.2) is 0 Å². The third-order valence-corrected chi connectivity index (χ3v) is 3.06. The summed E-state index contributed by atoms with van der Waals surface area (Å²) < 4.78 is 2.67. The molecule has 1 unspecified atom stereocenters. The second kappa shape index (κ2) is 4.75. The summed E-state index contributed by atoms with van der Waals surface area (Å²) in [5, 5.41) is 9.10. The third kappa shape index (κ3) is 2.45. The summed E-state index contributed by atoms with van der Waals surface area (Å²) in [6.07, 6.45) is 1.77. The van der Waals surface area contributed by atoms with Gasteiger partial charge in [-0.05, 0) is 24.1 Å². The minimum atomic E-state index is 0.0396. The van der Waals surface area contributed by atoms with E-state index < -0.39 is 0 Å². The van der Waals surface area contributed by atoms with Crippen LogP contribution in [0.5, 0.6) is 0 Å². The Bertz CT molecular complexity index is 340. The van der Waals surface area contributed by atoms with Crippen LogP contribution < -0.4 is 0 Å². The fourth-order valence-electron chi connectivity index (χ4n) is 1.26. The van der Waals surface area contributed by atoms with Gasteiger partial charge in [0.05, 0.1) is 12.3 Å². The van der Waals surface area contributed by atoms with Gasteiger partial charge in [0.2, 0.25) is 0 Å². The summed E-state index contributed by atoms with van der Waals surface area (Å²) in [4.78, 5) is 2.95. The second-order valence-corrected chi connectivity index (χ2v) is 4.46. The quantitative estimate of drug-likeness (QED) is 0.755. The van der Waals surface area contributed by atoms with E-state index in [1.165, 1.54) is 0 Å². The summed E-state index contributed by atoms with van der Waals surface area (Å²) in [6.45, 7) is 7.49. The van der Waals surface area contributed by atoms with E-state index in [9.17, 15) is 0 Å². The number of nitrogens with zero attached hydrogens (tertiary/aromatic N) is 1. The van der Waals surface area contributed by atoms with Gasteiger partial charge in [0.1, 0.15) is 0 Å². The molecule has 0 bridgehead atoms. The Labute approximate surface area is 89.8 Å². The summed E-state index contributed by atoms with van der Waals surface area (Å²) in [6, 6.07) is 0. The first kappa shape index (κ1) is 11.5. The Kier molecular flexibility index (Phi) is 3.89. The monoisotopic (exact) mass is 214 g/mol. The molecule has 0 saturated heterocycles. The Hall–Kier alpha value is -0.610. The zero-order chi connectivity index (χ0) is 10.7. The molecule has 1 aromatic rings. The number of aromatic nitrogens is 2. The van der Waals surface area contributed by atoms with Gasteiger partial charge in [0, 0.05) is 12.7 Å². The van der Waals surface area contributed by atoms with Crippen LogP contribution in [0.4, 0.5) is 0 Å². The van der Waals surface area contributed by atoms with Gasteiger partial charge in [-0.2, -0.15) is 0 Å². The molecule has 1 aromatic heterocycles. The van der Waals surface area contributed by atoms with E-state index in [1.807, 2.05) is 4.57 Å². The molecule has 1 heterocycles. The van der Waals surface area contributed by atoms with Crippen LogP contribution in [-0.4, -0.2) is 14.7 Å². The number of hydrogen-bond acceptors (Lipinski definition) is 2. The average Bonchev–Trinajstić information content (AvgIpc) is 2.47. The van der Waals surface area contributed by atoms with Gasteiger partial charge in [0.15, 0.2) is 4.77 Å². The standard InChI is InChI=1S/C10H18N2OS/c1-7(2)8(3)5-12-9(6-13)4-11-10(12)14/h4,7-8,13H,5-6H2,1-3H3,(H,11,14). The predicted molar refractivity (Wildman–Crippen MR) is 59.5 cm³/mol. The molecule has 1 atom stereocenters. The highest BCUT2D eigenvalue weighted by Gasteiger charge is 2.10. The maximum atomic E-state index is 9.10. The van der Waals surface area contributed by atoms with Crippen molar-refractivity contribution in [2.45, 2.75) is 33.9 Å². The van der Waals surface area contributed by atoms with Crippen LogP contribution in [-0.2, 0) is 13.2 Å². The van der Waals surface area contributed by atoms with Gasteiger partial charge >= 0.3 is 0 Å². The molecule has 1 rings (SSSR count). The number of aliphatic hydroxyl groups is 1. The fourth-order valence-corrected chi connectivity index (χ4v) is 1.51. The third-order valence-electron chi connectivity index (χ3n) is 2.72. The van der Waals surface area contributed by atoms with E-state index in [0.717, 1.165) is 12.2 Å². The van der Waals surface area contributed by atoms with Gasteiger partial charge in [0.25, 0.3) is 0 Å². The number of rotatable bonds is 4. The summed E-state index contributed by atoms with van der Waals surface area (Å²) in [5.74, 6) is 1.18. The first-order chi connectivity index (χ1) is 6.56. The molecule has 4 heteroatoms. The molecule has 0 fully saturated rings. The van der Waals surface area contributed by atoms with Crippen LogP contribution >= 0.6 is 12.2 Å². The smallest absolute Gasteiger partial charge is 0.177 e. The highest BCUT2D eigenvalue weighted by Crippen LogP contribution is 2.14. The highest BCUT2D eigenvalue weighted by atomic mass is 32.1. The molecule has 0 radical (unpaired) electrons. The minimum Gasteiger partial charge on any atom is -0.390 e. The van der Waals surface area contributed by atoms with Crippen LogP contribution in [0.3, 0.4) is 0 Å². The number of H-pyrrole nitrogens is 1. The molecule has 2 N–H and O–H groups in total. The number of aliphatic hydroxyl groups excluding tert-OH is 1. The van der Waals surface area contributed by atoms with Crippen molar-refractivity contribution in [3.63, 3.8) is 0 Å². The van der Waals surface area contributed by atoms with Crippen LogP contribution in [0.25, 0.3) is 0 Å². The molecular formula is C10H18N2OS. The number of nitrogens with one attached hydrogen (secondary N) is 1. The van der Waals surface area contributed by atoms with Crippen LogP contribution in [0.1, 0.15) is 26.5 Å². The zero-order valence-corrected chi connectivity index (χ0v) is 9.77. The maximum absolute atomic E-state index is 9.10.